The first-order valence-corrected chi connectivity index (χ1v) is 8.08. The van der Waals surface area contributed by atoms with Gasteiger partial charge in [-0.05, 0) is 46.1 Å². The van der Waals surface area contributed by atoms with Crippen LogP contribution in [0.2, 0.25) is 0 Å². The van der Waals surface area contributed by atoms with E-state index >= 15 is 0 Å². The van der Waals surface area contributed by atoms with Gasteiger partial charge in [0, 0.05) is 12.5 Å². The van der Waals surface area contributed by atoms with Gasteiger partial charge < -0.3 is 9.05 Å². The van der Waals surface area contributed by atoms with Crippen molar-refractivity contribution in [3.63, 3.8) is 0 Å². The monoisotopic (exact) mass is 303 g/mol. The molecule has 2 aliphatic rings. The Morgan fingerprint density at radius 3 is 2.68 bits per heavy atom. The zero-order chi connectivity index (χ0) is 15.1. The summed E-state index contributed by atoms with van der Waals surface area (Å²) in [5, 5.41) is 8.03. The van der Waals surface area contributed by atoms with Gasteiger partial charge in [-0.1, -0.05) is 10.3 Å². The summed E-state index contributed by atoms with van der Waals surface area (Å²) in [6.07, 6.45) is 4.58. The van der Waals surface area contributed by atoms with E-state index in [0.29, 0.717) is 17.7 Å². The molecule has 0 unspecified atom stereocenters. The highest BCUT2D eigenvalue weighted by Crippen LogP contribution is 2.39. The zero-order valence-corrected chi connectivity index (χ0v) is 13.0. The predicted octanol–water partition coefficient (Wildman–Crippen LogP) is 2.58. The van der Waals surface area contributed by atoms with E-state index in [0.717, 1.165) is 43.5 Å². The second kappa shape index (κ2) is 5.46. The number of hydrogen-bond acceptors (Lipinski definition) is 7. The van der Waals surface area contributed by atoms with Gasteiger partial charge in [-0.15, -0.1) is 0 Å². The molecule has 4 rings (SSSR count). The van der Waals surface area contributed by atoms with Gasteiger partial charge in [0.15, 0.2) is 11.6 Å². The number of hydrogen-bond donors (Lipinski definition) is 0. The lowest BCUT2D eigenvalue weighted by atomic mass is 9.97. The third kappa shape index (κ3) is 2.65. The molecule has 1 saturated carbocycles. The molecule has 2 atom stereocenters. The Bertz CT molecular complexity index is 648. The fraction of sp³-hybridized carbons (Fsp3) is 0.733. The molecule has 0 N–H and O–H groups in total. The highest BCUT2D eigenvalue weighted by atomic mass is 16.5. The van der Waals surface area contributed by atoms with Gasteiger partial charge in [-0.3, -0.25) is 4.90 Å². The highest BCUT2D eigenvalue weighted by molar-refractivity contribution is 5.05. The molecule has 0 spiro atoms. The van der Waals surface area contributed by atoms with Crippen LogP contribution in [0.1, 0.15) is 73.9 Å². The first kappa shape index (κ1) is 13.9. The van der Waals surface area contributed by atoms with Crippen LogP contribution in [0, 0.1) is 6.92 Å². The molecule has 2 fully saturated rings. The van der Waals surface area contributed by atoms with Crippen LogP contribution in [0.15, 0.2) is 9.05 Å². The lowest BCUT2D eigenvalue weighted by Gasteiger charge is -2.33. The van der Waals surface area contributed by atoms with Crippen LogP contribution in [0.5, 0.6) is 0 Å². The van der Waals surface area contributed by atoms with E-state index in [1.807, 2.05) is 6.92 Å². The van der Waals surface area contributed by atoms with Gasteiger partial charge in [-0.25, -0.2) is 0 Å². The summed E-state index contributed by atoms with van der Waals surface area (Å²) in [5.74, 6) is 3.88. The Morgan fingerprint density at radius 2 is 1.95 bits per heavy atom. The molecule has 1 aliphatic carbocycles. The molecule has 1 saturated heterocycles. The summed E-state index contributed by atoms with van der Waals surface area (Å²) < 4.78 is 10.8. The molecule has 0 radical (unpaired) electrons. The topological polar surface area (TPSA) is 81.1 Å². The molecule has 0 amide bonds. The summed E-state index contributed by atoms with van der Waals surface area (Å²) in [6, 6.07) is 0.131. The number of piperidine rings is 1. The summed E-state index contributed by atoms with van der Waals surface area (Å²) in [4.78, 5) is 11.3. The summed E-state index contributed by atoms with van der Waals surface area (Å²) in [6.45, 7) is 5.91. The lowest BCUT2D eigenvalue weighted by molar-refractivity contribution is 0.123. The molecule has 1 aliphatic heterocycles. The fourth-order valence-corrected chi connectivity index (χ4v) is 3.12. The minimum atomic E-state index is 0.131. The Morgan fingerprint density at radius 1 is 1.09 bits per heavy atom. The molecule has 0 aromatic carbocycles. The maximum Gasteiger partial charge on any atom is 0.243 e. The van der Waals surface area contributed by atoms with Crippen LogP contribution in [0.3, 0.4) is 0 Å². The van der Waals surface area contributed by atoms with Crippen LogP contribution in [-0.4, -0.2) is 38.3 Å². The first-order chi connectivity index (χ1) is 10.7. The minimum Gasteiger partial charge on any atom is -0.339 e. The van der Waals surface area contributed by atoms with Gasteiger partial charge in [0.2, 0.25) is 11.8 Å². The second-order valence-corrected chi connectivity index (χ2v) is 6.45. The lowest BCUT2D eigenvalue weighted by Crippen LogP contribution is -2.36. The summed E-state index contributed by atoms with van der Waals surface area (Å²) in [7, 11) is 0. The molecule has 2 aromatic rings. The van der Waals surface area contributed by atoms with Crippen molar-refractivity contribution >= 4 is 0 Å². The number of nitrogens with zero attached hydrogens (tertiary/aromatic N) is 5. The summed E-state index contributed by atoms with van der Waals surface area (Å²) in [5.41, 5.74) is 0. The van der Waals surface area contributed by atoms with Crippen molar-refractivity contribution in [2.75, 3.05) is 13.1 Å². The second-order valence-electron chi connectivity index (χ2n) is 6.45. The Kier molecular flexibility index (Phi) is 3.44. The van der Waals surface area contributed by atoms with Crippen molar-refractivity contribution < 1.29 is 9.05 Å². The smallest absolute Gasteiger partial charge is 0.243 e. The first-order valence-electron chi connectivity index (χ1n) is 8.08. The van der Waals surface area contributed by atoms with E-state index < -0.39 is 0 Å². The molecular weight excluding hydrogens is 282 g/mol. The van der Waals surface area contributed by atoms with Crippen molar-refractivity contribution in [2.45, 2.75) is 57.4 Å². The Labute approximate surface area is 129 Å². The molecule has 0 bridgehead atoms. The third-order valence-electron chi connectivity index (χ3n) is 4.65. The number of likely N-dealkylation sites (tertiary alicyclic amines) is 1. The third-order valence-corrected chi connectivity index (χ3v) is 4.65. The molecule has 3 heterocycles. The molecule has 7 heteroatoms. The maximum absolute atomic E-state index is 5.47. The molecule has 118 valence electrons. The number of aromatic nitrogens is 4. The minimum absolute atomic E-state index is 0.131. The molecule has 22 heavy (non-hydrogen) atoms. The Hall–Kier alpha value is -1.76. The zero-order valence-electron chi connectivity index (χ0n) is 13.0. The standard InChI is InChI=1S/C15H21N5O2/c1-9(14-17-13(19-21-14)11-5-6-11)20-7-3-4-12(8-20)15-16-10(2)18-22-15/h9,11-12H,3-8H2,1-2H3/t9-,12+/m0/s1. The van der Waals surface area contributed by atoms with E-state index in [9.17, 15) is 0 Å². The van der Waals surface area contributed by atoms with Crippen LogP contribution in [-0.2, 0) is 0 Å². The number of rotatable bonds is 4. The number of aryl methyl sites for hydroxylation is 1. The maximum atomic E-state index is 5.47. The van der Waals surface area contributed by atoms with Crippen LogP contribution >= 0.6 is 0 Å². The van der Waals surface area contributed by atoms with Crippen molar-refractivity contribution in [2.24, 2.45) is 0 Å². The molecule has 7 nitrogen and oxygen atoms in total. The van der Waals surface area contributed by atoms with Crippen LogP contribution in [0.25, 0.3) is 0 Å². The fourth-order valence-electron chi connectivity index (χ4n) is 3.12. The van der Waals surface area contributed by atoms with Crippen molar-refractivity contribution in [3.8, 4) is 0 Å². The molecular formula is C15H21N5O2. The highest BCUT2D eigenvalue weighted by Gasteiger charge is 2.33. The van der Waals surface area contributed by atoms with Crippen LogP contribution < -0.4 is 0 Å². The SMILES string of the molecule is Cc1noc([C@@H]2CCCN([C@@H](C)c3nc(C4CC4)no3)C2)n1. The van der Waals surface area contributed by atoms with Gasteiger partial charge >= 0.3 is 0 Å². The average molecular weight is 303 g/mol. The Balaban J connectivity index is 1.46. The quantitative estimate of drug-likeness (QED) is 0.858. The largest absolute Gasteiger partial charge is 0.339 e. The average Bonchev–Trinajstić information content (AvgIpc) is 3.10. The van der Waals surface area contributed by atoms with Crippen molar-refractivity contribution in [3.05, 3.63) is 23.4 Å². The van der Waals surface area contributed by atoms with Gasteiger partial charge in [0.25, 0.3) is 0 Å². The van der Waals surface area contributed by atoms with Crippen molar-refractivity contribution in [1.29, 1.82) is 0 Å². The van der Waals surface area contributed by atoms with Gasteiger partial charge in [-0.2, -0.15) is 9.97 Å². The summed E-state index contributed by atoms with van der Waals surface area (Å²) >= 11 is 0. The van der Waals surface area contributed by atoms with Gasteiger partial charge in [0.1, 0.15) is 0 Å². The van der Waals surface area contributed by atoms with E-state index in [2.05, 4.69) is 32.1 Å². The van der Waals surface area contributed by atoms with Crippen LogP contribution in [0.4, 0.5) is 0 Å². The molecule has 2 aromatic heterocycles. The van der Waals surface area contributed by atoms with E-state index in [1.165, 1.54) is 12.8 Å². The predicted molar refractivity (Wildman–Crippen MR) is 77.3 cm³/mol. The normalized spacial score (nSPS) is 24.5. The van der Waals surface area contributed by atoms with E-state index in [1.54, 1.807) is 0 Å². The van der Waals surface area contributed by atoms with E-state index in [4.69, 9.17) is 9.05 Å². The van der Waals surface area contributed by atoms with Crippen molar-refractivity contribution in [1.82, 2.24) is 25.2 Å². The van der Waals surface area contributed by atoms with E-state index in [-0.39, 0.29) is 6.04 Å². The van der Waals surface area contributed by atoms with Gasteiger partial charge in [0.05, 0.1) is 12.0 Å².